The van der Waals surface area contributed by atoms with Gasteiger partial charge in [0.25, 0.3) is 0 Å². The number of benzene rings is 8. The summed E-state index contributed by atoms with van der Waals surface area (Å²) in [4.78, 5) is 23.6. The molecule has 0 saturated heterocycles. The summed E-state index contributed by atoms with van der Waals surface area (Å²) in [6, 6.07) is 34.2. The maximum Gasteiger partial charge on any atom is 0.305 e. The van der Waals surface area contributed by atoms with Gasteiger partial charge in [0.15, 0.2) is 0 Å². The van der Waals surface area contributed by atoms with Crippen LogP contribution in [0.5, 0.6) is 0 Å². The van der Waals surface area contributed by atoms with Crippen LogP contribution in [-0.4, -0.2) is 26.2 Å². The van der Waals surface area contributed by atoms with Gasteiger partial charge in [-0.1, -0.05) is 123 Å². The number of hydrogen-bond acceptors (Lipinski definition) is 4. The molecule has 0 aliphatic heterocycles. The van der Waals surface area contributed by atoms with E-state index < -0.39 is 0 Å². The minimum absolute atomic E-state index is 0.108. The monoisotopic (exact) mass is 806 g/mol. The molecule has 0 amide bonds. The van der Waals surface area contributed by atoms with E-state index in [1.54, 1.807) is 59.8 Å². The van der Waals surface area contributed by atoms with Crippen molar-refractivity contribution in [2.24, 2.45) is 5.41 Å². The molecule has 302 valence electrons. The van der Waals surface area contributed by atoms with Gasteiger partial charge in [0.05, 0.1) is 14.2 Å². The van der Waals surface area contributed by atoms with Crippen LogP contribution in [0.25, 0.3) is 76.3 Å². The van der Waals surface area contributed by atoms with Crippen LogP contribution in [0.4, 0.5) is 0 Å². The van der Waals surface area contributed by atoms with E-state index in [0.717, 1.165) is 38.5 Å². The Labute approximate surface area is 360 Å². The standard InChI is InChI=1S/C44H26O2.C14H20O2/c1-46-28(45)8-5-12-43(27-6-3-2-4-7-27)42-13-11-22-16-25-17-23-14-20-9-10-21-15-24-18-26(19-42)34-33(24)36-30(21)29(20)35-31(23)32(25)38-39(37(35)36)41(34)44(42,43)40(22)38;1-14(2,11-7-10-13(15)16-3)12-8-5-4-6-9-12/h2-4,6-7,9-11,13-16,19H,5,8,12,17-18H2,1H3;4-6,8-9H,7,10-11H2,1-3H3. The first kappa shape index (κ1) is 35.3. The highest BCUT2D eigenvalue weighted by Gasteiger charge is 2.89. The molecule has 0 radical (unpaired) electrons. The first-order valence-electron chi connectivity index (χ1n) is 22.7. The highest BCUT2D eigenvalue weighted by Crippen LogP contribution is 2.91. The molecule has 3 atom stereocenters. The molecule has 1 spiro atoms. The largest absolute Gasteiger partial charge is 0.469 e. The summed E-state index contributed by atoms with van der Waals surface area (Å²) in [5.74, 6) is -0.230. The van der Waals surface area contributed by atoms with Crippen LogP contribution >= 0.6 is 0 Å². The lowest BCUT2D eigenvalue weighted by Crippen LogP contribution is -2.25. The van der Waals surface area contributed by atoms with Gasteiger partial charge in [-0.3, -0.25) is 9.59 Å². The predicted molar refractivity (Wildman–Crippen MR) is 251 cm³/mol. The van der Waals surface area contributed by atoms with Crippen LogP contribution in [0.15, 0.2) is 103 Å². The Morgan fingerprint density at radius 2 is 1.23 bits per heavy atom. The zero-order chi connectivity index (χ0) is 41.7. The predicted octanol–water partition coefficient (Wildman–Crippen LogP) is 13.0. The van der Waals surface area contributed by atoms with Gasteiger partial charge in [-0.25, -0.2) is 0 Å². The second-order valence-electron chi connectivity index (χ2n) is 19.9. The number of carbonyl (C=O) groups excluding carboxylic acids is 2. The van der Waals surface area contributed by atoms with E-state index >= 15 is 0 Å². The molecule has 4 heteroatoms. The number of carbonyl (C=O) groups is 2. The molecule has 0 heterocycles. The van der Waals surface area contributed by atoms with Gasteiger partial charge in [0.2, 0.25) is 0 Å². The number of esters is 2. The van der Waals surface area contributed by atoms with Crippen molar-refractivity contribution < 1.29 is 19.1 Å². The van der Waals surface area contributed by atoms with Crippen molar-refractivity contribution in [3.05, 3.63) is 153 Å². The molecule has 1 saturated carbocycles. The van der Waals surface area contributed by atoms with Crippen molar-refractivity contribution in [3.8, 4) is 0 Å². The van der Waals surface area contributed by atoms with Crippen molar-refractivity contribution in [1.82, 2.24) is 0 Å². The molecule has 15 rings (SSSR count). The van der Waals surface area contributed by atoms with Crippen molar-refractivity contribution >= 4 is 88.2 Å². The van der Waals surface area contributed by atoms with Crippen LogP contribution in [0.3, 0.4) is 0 Å². The summed E-state index contributed by atoms with van der Waals surface area (Å²) < 4.78 is 9.80. The summed E-state index contributed by atoms with van der Waals surface area (Å²) in [5, 5.41) is 18.2. The van der Waals surface area contributed by atoms with Gasteiger partial charge in [0, 0.05) is 29.1 Å². The van der Waals surface area contributed by atoms with Gasteiger partial charge in [-0.05, 0) is 164 Å². The molecule has 1 fully saturated rings. The highest BCUT2D eigenvalue weighted by atomic mass is 16.5. The Kier molecular flexibility index (Phi) is 6.50. The smallest absolute Gasteiger partial charge is 0.305 e. The van der Waals surface area contributed by atoms with Crippen molar-refractivity contribution in [3.63, 3.8) is 0 Å². The Morgan fingerprint density at radius 3 is 1.94 bits per heavy atom. The number of allylic oxidation sites excluding steroid dienone is 3. The van der Waals surface area contributed by atoms with Crippen LogP contribution < -0.4 is 0 Å². The molecule has 0 aromatic heterocycles. The fraction of sp³-hybridized carbons (Fsp3) is 0.276. The SMILES string of the molecule is COC(=O)CCCC(C)(C)c1ccccc1.COC(=O)CCCC1(c2ccccc2)C23C=Cc4cc5c6c7c4C21c1c2c4c(cc8ccc9cc(c6c6c9c8c4c6c17)C5)CC2=C3. The average molecular weight is 807 g/mol. The van der Waals surface area contributed by atoms with Crippen LogP contribution in [0, 0.1) is 5.41 Å². The van der Waals surface area contributed by atoms with E-state index in [2.05, 4.69) is 122 Å². The molecule has 9 aromatic carbocycles. The Morgan fingerprint density at radius 1 is 0.629 bits per heavy atom. The summed E-state index contributed by atoms with van der Waals surface area (Å²) in [6.45, 7) is 4.42. The molecular weight excluding hydrogens is 761 g/mol. The van der Waals surface area contributed by atoms with E-state index in [1.165, 1.54) is 74.7 Å². The highest BCUT2D eigenvalue weighted by molar-refractivity contribution is 6.52. The van der Waals surface area contributed by atoms with Crippen LogP contribution in [0.2, 0.25) is 0 Å². The molecule has 0 N–H and O–H groups in total. The lowest BCUT2D eigenvalue weighted by Gasteiger charge is -2.31. The Hall–Kier alpha value is -6.26. The third kappa shape index (κ3) is 3.71. The molecule has 6 aliphatic carbocycles. The quantitative estimate of drug-likeness (QED) is 0.102. The zero-order valence-corrected chi connectivity index (χ0v) is 35.7. The number of ether oxygens (including phenoxy) is 2. The minimum atomic E-state index is -0.181. The molecule has 6 aliphatic rings. The van der Waals surface area contributed by atoms with Crippen LogP contribution in [-0.2, 0) is 48.1 Å². The summed E-state index contributed by atoms with van der Waals surface area (Å²) >= 11 is 0. The maximum absolute atomic E-state index is 12.6. The summed E-state index contributed by atoms with van der Waals surface area (Å²) in [5.41, 5.74) is 14.6. The summed E-state index contributed by atoms with van der Waals surface area (Å²) in [6.07, 6.45) is 14.4. The zero-order valence-electron chi connectivity index (χ0n) is 35.7. The molecule has 4 nitrogen and oxygen atoms in total. The normalized spacial score (nSPS) is 22.5. The average Bonchev–Trinajstić information content (AvgIpc) is 3.80. The second-order valence-corrected chi connectivity index (χ2v) is 19.9. The fourth-order valence-electron chi connectivity index (χ4n) is 15.0. The lowest BCUT2D eigenvalue weighted by molar-refractivity contribution is -0.141. The number of methoxy groups -OCH3 is 2. The van der Waals surface area contributed by atoms with E-state index in [4.69, 9.17) is 4.74 Å². The van der Waals surface area contributed by atoms with Gasteiger partial charge in [-0.2, -0.15) is 0 Å². The Bertz CT molecular complexity index is 3550. The minimum Gasteiger partial charge on any atom is -0.469 e. The van der Waals surface area contributed by atoms with Gasteiger partial charge in [-0.15, -0.1) is 0 Å². The first-order chi connectivity index (χ1) is 30.2. The number of rotatable bonds is 10. The second kappa shape index (κ2) is 11.4. The third-order valence-corrected chi connectivity index (χ3v) is 17.1. The van der Waals surface area contributed by atoms with Gasteiger partial charge < -0.3 is 9.47 Å². The number of hydrogen-bond donors (Lipinski definition) is 0. The van der Waals surface area contributed by atoms with Gasteiger partial charge >= 0.3 is 11.9 Å². The third-order valence-electron chi connectivity index (χ3n) is 17.1. The molecule has 3 unspecified atom stereocenters. The van der Waals surface area contributed by atoms with Crippen molar-refractivity contribution in [2.75, 3.05) is 14.2 Å². The van der Waals surface area contributed by atoms with E-state index in [-0.39, 0.29) is 33.6 Å². The fourth-order valence-corrected chi connectivity index (χ4v) is 15.0. The maximum atomic E-state index is 12.6. The topological polar surface area (TPSA) is 52.6 Å². The van der Waals surface area contributed by atoms with Crippen LogP contribution in [0.1, 0.15) is 102 Å². The van der Waals surface area contributed by atoms with E-state index in [9.17, 15) is 9.59 Å². The Balaban J connectivity index is 0.000000202. The first-order valence-corrected chi connectivity index (χ1v) is 22.7. The van der Waals surface area contributed by atoms with Gasteiger partial charge in [0.1, 0.15) is 0 Å². The molecule has 9 aromatic rings. The molecule has 0 bridgehead atoms. The summed E-state index contributed by atoms with van der Waals surface area (Å²) in [7, 11) is 2.95. The lowest BCUT2D eigenvalue weighted by atomic mass is 9.70. The molecule has 62 heavy (non-hydrogen) atoms. The van der Waals surface area contributed by atoms with Crippen molar-refractivity contribution in [2.45, 2.75) is 81.5 Å². The molecular formula is C58H46O4. The van der Waals surface area contributed by atoms with E-state index in [0.29, 0.717) is 12.8 Å². The van der Waals surface area contributed by atoms with E-state index in [1.807, 2.05) is 6.07 Å². The van der Waals surface area contributed by atoms with Crippen molar-refractivity contribution in [1.29, 1.82) is 0 Å².